The normalized spacial score (nSPS) is 9.94. The summed E-state index contributed by atoms with van der Waals surface area (Å²) in [6, 6.07) is 6.19. The lowest BCUT2D eigenvalue weighted by Crippen LogP contribution is -2.00. The van der Waals surface area contributed by atoms with Crippen molar-refractivity contribution in [1.29, 1.82) is 0 Å². The third-order valence-electron chi connectivity index (χ3n) is 2.54. The van der Waals surface area contributed by atoms with Crippen LogP contribution in [-0.4, -0.2) is 5.78 Å². The van der Waals surface area contributed by atoms with E-state index in [4.69, 9.17) is 0 Å². The minimum Gasteiger partial charge on any atom is -0.294 e. The number of rotatable bonds is 5. The molecule has 0 heterocycles. The van der Waals surface area contributed by atoms with Gasteiger partial charge in [-0.05, 0) is 36.6 Å². The number of carbonyl (C=O) groups is 1. The van der Waals surface area contributed by atoms with Gasteiger partial charge in [-0.2, -0.15) is 0 Å². The van der Waals surface area contributed by atoms with Crippen LogP contribution in [0.2, 0.25) is 0 Å². The Morgan fingerprint density at radius 3 is 2.56 bits per heavy atom. The van der Waals surface area contributed by atoms with Gasteiger partial charge in [-0.15, -0.1) is 0 Å². The summed E-state index contributed by atoms with van der Waals surface area (Å²) < 4.78 is 12.9. The van der Waals surface area contributed by atoms with Gasteiger partial charge in [0, 0.05) is 6.42 Å². The van der Waals surface area contributed by atoms with Gasteiger partial charge in [0.25, 0.3) is 0 Å². The molecule has 0 saturated carbocycles. The maximum atomic E-state index is 12.9. The van der Waals surface area contributed by atoms with Crippen LogP contribution in [0.3, 0.4) is 0 Å². The Kier molecular flexibility index (Phi) is 4.90. The molecule has 1 aromatic rings. The summed E-state index contributed by atoms with van der Waals surface area (Å²) in [6.45, 7) is 4.07. The van der Waals surface area contributed by atoms with Crippen LogP contribution < -0.4 is 0 Å². The third-order valence-corrected chi connectivity index (χ3v) is 2.54. The highest BCUT2D eigenvalue weighted by molar-refractivity contribution is 5.92. The highest BCUT2D eigenvalue weighted by atomic mass is 19.1. The summed E-state index contributed by atoms with van der Waals surface area (Å²) in [4.78, 5) is 11.7. The van der Waals surface area contributed by atoms with Crippen LogP contribution in [0.15, 0.2) is 35.9 Å². The molecule has 0 aliphatic heterocycles. The first kappa shape index (κ1) is 12.6. The largest absolute Gasteiger partial charge is 0.294 e. The average molecular weight is 220 g/mol. The van der Waals surface area contributed by atoms with Crippen LogP contribution in [0.1, 0.15) is 32.3 Å². The molecule has 0 fully saturated rings. The second-order valence-electron chi connectivity index (χ2n) is 3.78. The number of allylic oxidation sites excluding steroid dienone is 2. The molecule has 0 N–H and O–H groups in total. The maximum absolute atomic E-state index is 12.9. The molecule has 0 aliphatic rings. The monoisotopic (exact) mass is 220 g/mol. The van der Waals surface area contributed by atoms with Gasteiger partial charge < -0.3 is 0 Å². The van der Waals surface area contributed by atoms with Crippen molar-refractivity contribution in [3.8, 4) is 0 Å². The Balaban J connectivity index is 2.68. The highest BCUT2D eigenvalue weighted by Gasteiger charge is 2.02. The molecule has 0 aromatic heterocycles. The lowest BCUT2D eigenvalue weighted by molar-refractivity contribution is -0.114. The lowest BCUT2D eigenvalue weighted by Gasteiger charge is -2.01. The smallest absolute Gasteiger partial charge is 0.160 e. The number of hydrogen-bond acceptors (Lipinski definition) is 1. The molecule has 0 amide bonds. The van der Waals surface area contributed by atoms with Crippen molar-refractivity contribution in [1.82, 2.24) is 0 Å². The van der Waals surface area contributed by atoms with Crippen molar-refractivity contribution in [2.75, 3.05) is 0 Å². The Bertz CT molecular complexity index is 387. The first-order chi connectivity index (χ1) is 7.65. The lowest BCUT2D eigenvalue weighted by atomic mass is 10.0. The molecular weight excluding hydrogens is 203 g/mol. The third kappa shape index (κ3) is 3.97. The average Bonchev–Trinajstić information content (AvgIpc) is 2.26. The summed E-state index contributed by atoms with van der Waals surface area (Å²) in [5.41, 5.74) is 1.87. The number of halogens is 1. The molecule has 86 valence electrons. The summed E-state index contributed by atoms with van der Waals surface area (Å²) in [5.74, 6) is -0.246. The van der Waals surface area contributed by atoms with Crippen LogP contribution in [0.5, 0.6) is 0 Å². The molecule has 0 radical (unpaired) electrons. The van der Waals surface area contributed by atoms with Crippen LogP contribution >= 0.6 is 0 Å². The molecule has 1 rings (SSSR count). The topological polar surface area (TPSA) is 17.1 Å². The van der Waals surface area contributed by atoms with Gasteiger partial charge >= 0.3 is 0 Å². The minimum atomic E-state index is -0.291. The zero-order chi connectivity index (χ0) is 12.0. The molecular formula is C14H17FO. The zero-order valence-corrected chi connectivity index (χ0v) is 9.79. The van der Waals surface area contributed by atoms with Crippen LogP contribution in [0.4, 0.5) is 4.39 Å². The number of hydrogen-bond donors (Lipinski definition) is 0. The number of ketones is 1. The van der Waals surface area contributed by atoms with Crippen LogP contribution in [-0.2, 0) is 11.2 Å². The summed E-state index contributed by atoms with van der Waals surface area (Å²) >= 11 is 0. The fourth-order valence-corrected chi connectivity index (χ4v) is 1.58. The van der Waals surface area contributed by atoms with E-state index >= 15 is 0 Å². The van der Waals surface area contributed by atoms with E-state index in [1.807, 2.05) is 13.8 Å². The van der Waals surface area contributed by atoms with Crippen molar-refractivity contribution in [3.63, 3.8) is 0 Å². The first-order valence-electron chi connectivity index (χ1n) is 5.62. The quantitative estimate of drug-likeness (QED) is 0.692. The maximum Gasteiger partial charge on any atom is 0.160 e. The van der Waals surface area contributed by atoms with Gasteiger partial charge in [0.2, 0.25) is 0 Å². The molecule has 1 nitrogen and oxygen atoms in total. The van der Waals surface area contributed by atoms with E-state index in [1.54, 1.807) is 18.2 Å². The van der Waals surface area contributed by atoms with E-state index in [0.717, 1.165) is 24.0 Å². The number of benzene rings is 1. The number of carbonyl (C=O) groups excluding carboxylic acids is 1. The van der Waals surface area contributed by atoms with Crippen molar-refractivity contribution in [3.05, 3.63) is 47.3 Å². The molecule has 1 aromatic carbocycles. The fourth-order valence-electron chi connectivity index (χ4n) is 1.58. The van der Waals surface area contributed by atoms with Gasteiger partial charge in [-0.25, -0.2) is 4.39 Å². The molecule has 0 unspecified atom stereocenters. The van der Waals surface area contributed by atoms with Crippen molar-refractivity contribution in [2.24, 2.45) is 0 Å². The summed E-state index contributed by atoms with van der Waals surface area (Å²) in [5, 5.41) is 0. The van der Waals surface area contributed by atoms with Crippen molar-refractivity contribution in [2.45, 2.75) is 33.1 Å². The van der Waals surface area contributed by atoms with Gasteiger partial charge in [-0.3, -0.25) is 4.79 Å². The fraction of sp³-hybridized carbons (Fsp3) is 0.357. The zero-order valence-electron chi connectivity index (χ0n) is 9.79. The van der Waals surface area contributed by atoms with Gasteiger partial charge in [0.1, 0.15) is 5.82 Å². The second-order valence-corrected chi connectivity index (χ2v) is 3.78. The van der Waals surface area contributed by atoms with Crippen molar-refractivity contribution >= 4 is 5.78 Å². The van der Waals surface area contributed by atoms with E-state index in [9.17, 15) is 9.18 Å². The van der Waals surface area contributed by atoms with E-state index in [2.05, 4.69) is 0 Å². The molecule has 0 spiro atoms. The molecule has 0 atom stereocenters. The molecule has 0 aliphatic carbocycles. The van der Waals surface area contributed by atoms with E-state index in [-0.39, 0.29) is 18.0 Å². The standard InChI is InChI=1S/C14H17FO/c1-3-11(4-2)9-14(16)10-12-6-5-7-13(15)8-12/h5-9H,3-4,10H2,1-2H3. The molecule has 16 heavy (non-hydrogen) atoms. The summed E-state index contributed by atoms with van der Waals surface area (Å²) in [7, 11) is 0. The van der Waals surface area contributed by atoms with E-state index in [1.165, 1.54) is 12.1 Å². The second kappa shape index (κ2) is 6.21. The first-order valence-corrected chi connectivity index (χ1v) is 5.62. The highest BCUT2D eigenvalue weighted by Crippen LogP contribution is 2.09. The molecule has 2 heteroatoms. The Hall–Kier alpha value is -1.44. The minimum absolute atomic E-state index is 0.0456. The molecule has 0 bridgehead atoms. The van der Waals surface area contributed by atoms with Gasteiger partial charge in [0.15, 0.2) is 5.78 Å². The Morgan fingerprint density at radius 2 is 2.00 bits per heavy atom. The predicted octanol–water partition coefficient (Wildman–Crippen LogP) is 3.68. The summed E-state index contributed by atoms with van der Waals surface area (Å²) in [6.07, 6.45) is 3.75. The Morgan fingerprint density at radius 1 is 1.31 bits per heavy atom. The SMILES string of the molecule is CCC(=CC(=O)Cc1cccc(F)c1)CC. The predicted molar refractivity (Wildman–Crippen MR) is 63.8 cm³/mol. The van der Waals surface area contributed by atoms with E-state index < -0.39 is 0 Å². The Labute approximate surface area is 96.0 Å². The van der Waals surface area contributed by atoms with Gasteiger partial charge in [-0.1, -0.05) is 31.6 Å². The van der Waals surface area contributed by atoms with E-state index in [0.29, 0.717) is 0 Å². The molecule has 0 saturated heterocycles. The van der Waals surface area contributed by atoms with Crippen molar-refractivity contribution < 1.29 is 9.18 Å². The van der Waals surface area contributed by atoms with Gasteiger partial charge in [0.05, 0.1) is 0 Å². The van der Waals surface area contributed by atoms with Crippen LogP contribution in [0.25, 0.3) is 0 Å². The van der Waals surface area contributed by atoms with Crippen LogP contribution in [0, 0.1) is 5.82 Å².